The van der Waals surface area contributed by atoms with Crippen molar-refractivity contribution in [2.75, 3.05) is 13.2 Å². The number of benzene rings is 1. The monoisotopic (exact) mass is 419 g/mol. The van der Waals surface area contributed by atoms with Gasteiger partial charge in [-0.1, -0.05) is 50.5 Å². The molecular weight excluding hydrogens is 389 g/mol. The Morgan fingerprint density at radius 3 is 2.41 bits per heavy atom. The van der Waals surface area contributed by atoms with Crippen LogP contribution >= 0.6 is 24.0 Å². The van der Waals surface area contributed by atoms with Gasteiger partial charge in [0, 0.05) is 13.2 Å². The van der Waals surface area contributed by atoms with E-state index in [1.807, 2.05) is 6.92 Å². The third kappa shape index (κ3) is 10.00. The third-order valence-corrected chi connectivity index (χ3v) is 3.26. The lowest BCUT2D eigenvalue weighted by Gasteiger charge is -2.06. The van der Waals surface area contributed by atoms with E-state index in [0.29, 0.717) is 19.1 Å². The van der Waals surface area contributed by atoms with Gasteiger partial charge in [0.25, 0.3) is 0 Å². The fourth-order valence-corrected chi connectivity index (χ4v) is 1.96. The highest BCUT2D eigenvalue weighted by Crippen LogP contribution is 2.07. The van der Waals surface area contributed by atoms with Gasteiger partial charge in [0.2, 0.25) is 0 Å². The van der Waals surface area contributed by atoms with E-state index < -0.39 is 0 Å². The number of nitrogens with zero attached hydrogens (tertiary/aromatic N) is 1. The predicted octanol–water partition coefficient (Wildman–Crippen LogP) is 3.83. The van der Waals surface area contributed by atoms with E-state index in [1.165, 1.54) is 24.8 Å². The first-order valence-electron chi connectivity index (χ1n) is 7.95. The van der Waals surface area contributed by atoms with Gasteiger partial charge in [-0.2, -0.15) is 0 Å². The number of nitrogens with one attached hydrogen (secondary N) is 1. The van der Waals surface area contributed by atoms with Crippen molar-refractivity contribution in [2.24, 2.45) is 10.7 Å². The largest absolute Gasteiger partial charge is 0.377 e. The minimum Gasteiger partial charge on any atom is -0.377 e. The number of rotatable bonds is 10. The molecule has 1 rings (SSSR count). The summed E-state index contributed by atoms with van der Waals surface area (Å²) in [7, 11) is 0. The lowest BCUT2D eigenvalue weighted by Crippen LogP contribution is -2.32. The van der Waals surface area contributed by atoms with Crippen molar-refractivity contribution in [3.8, 4) is 0 Å². The molecule has 0 aromatic heterocycles. The van der Waals surface area contributed by atoms with Crippen LogP contribution in [-0.4, -0.2) is 19.1 Å². The fourth-order valence-electron chi connectivity index (χ4n) is 1.96. The maximum Gasteiger partial charge on any atom is 0.188 e. The summed E-state index contributed by atoms with van der Waals surface area (Å²) in [6, 6.07) is 8.31. The first-order chi connectivity index (χ1) is 10.3. The molecule has 0 spiro atoms. The summed E-state index contributed by atoms with van der Waals surface area (Å²) in [6.45, 7) is 7.14. The third-order valence-electron chi connectivity index (χ3n) is 3.26. The number of hydrogen-bond donors (Lipinski definition) is 2. The molecule has 0 atom stereocenters. The Morgan fingerprint density at radius 2 is 1.77 bits per heavy atom. The Hall–Kier alpha value is -0.820. The van der Waals surface area contributed by atoms with Crippen LogP contribution in [0.1, 0.15) is 50.7 Å². The van der Waals surface area contributed by atoms with E-state index in [1.54, 1.807) is 0 Å². The Bertz CT molecular complexity index is 407. The summed E-state index contributed by atoms with van der Waals surface area (Å²) in [5.74, 6) is 0.532. The highest BCUT2D eigenvalue weighted by molar-refractivity contribution is 14.0. The Labute approximate surface area is 151 Å². The molecule has 0 aliphatic carbocycles. The van der Waals surface area contributed by atoms with Crippen LogP contribution in [0.25, 0.3) is 0 Å². The first-order valence-corrected chi connectivity index (χ1v) is 7.95. The molecule has 0 amide bonds. The van der Waals surface area contributed by atoms with Crippen LogP contribution < -0.4 is 11.1 Å². The average molecular weight is 419 g/mol. The number of nitrogens with two attached hydrogens (primary N) is 1. The van der Waals surface area contributed by atoms with Crippen LogP contribution in [0.3, 0.4) is 0 Å². The normalized spacial score (nSPS) is 11.1. The van der Waals surface area contributed by atoms with Crippen LogP contribution in [0.2, 0.25) is 0 Å². The fraction of sp³-hybridized carbons (Fsp3) is 0.588. The molecule has 0 fully saturated rings. The number of unbranched alkanes of at least 4 members (excludes halogenated alkanes) is 3. The summed E-state index contributed by atoms with van der Waals surface area (Å²) >= 11 is 0. The quantitative estimate of drug-likeness (QED) is 0.262. The van der Waals surface area contributed by atoms with Gasteiger partial charge >= 0.3 is 0 Å². The standard InChI is InChI=1S/C17H29N3O.HI/c1-3-5-6-7-12-19-17(18)20-13-15-8-10-16(11-9-15)14-21-4-2;/h8-11H,3-7,12-14H2,1-2H3,(H3,18,19,20);1H. The van der Waals surface area contributed by atoms with E-state index in [2.05, 4.69) is 41.5 Å². The molecule has 0 heterocycles. The van der Waals surface area contributed by atoms with Crippen molar-refractivity contribution in [2.45, 2.75) is 52.7 Å². The van der Waals surface area contributed by atoms with E-state index in [4.69, 9.17) is 10.5 Å². The molecular formula is C17H30IN3O. The lowest BCUT2D eigenvalue weighted by atomic mass is 10.1. The van der Waals surface area contributed by atoms with Gasteiger partial charge in [0.15, 0.2) is 5.96 Å². The second-order valence-electron chi connectivity index (χ2n) is 5.14. The topological polar surface area (TPSA) is 59.6 Å². The van der Waals surface area contributed by atoms with Gasteiger partial charge in [-0.3, -0.25) is 0 Å². The summed E-state index contributed by atoms with van der Waals surface area (Å²) in [5.41, 5.74) is 8.20. The van der Waals surface area contributed by atoms with E-state index in [0.717, 1.165) is 25.1 Å². The van der Waals surface area contributed by atoms with Crippen molar-refractivity contribution in [1.29, 1.82) is 0 Å². The van der Waals surface area contributed by atoms with Gasteiger partial charge in [0.05, 0.1) is 13.2 Å². The molecule has 0 aliphatic rings. The summed E-state index contributed by atoms with van der Waals surface area (Å²) < 4.78 is 5.37. The molecule has 4 nitrogen and oxygen atoms in total. The van der Waals surface area contributed by atoms with Crippen LogP contribution in [0, 0.1) is 0 Å². The van der Waals surface area contributed by atoms with Crippen LogP contribution in [0.15, 0.2) is 29.3 Å². The Balaban J connectivity index is 0.00000441. The highest BCUT2D eigenvalue weighted by atomic mass is 127. The molecule has 0 bridgehead atoms. The zero-order valence-corrected chi connectivity index (χ0v) is 16.1. The van der Waals surface area contributed by atoms with Crippen LogP contribution in [0.4, 0.5) is 0 Å². The van der Waals surface area contributed by atoms with Crippen molar-refractivity contribution < 1.29 is 4.74 Å². The second-order valence-corrected chi connectivity index (χ2v) is 5.14. The molecule has 3 N–H and O–H groups in total. The van der Waals surface area contributed by atoms with Crippen LogP contribution in [0.5, 0.6) is 0 Å². The van der Waals surface area contributed by atoms with E-state index >= 15 is 0 Å². The summed E-state index contributed by atoms with van der Waals surface area (Å²) in [4.78, 5) is 4.36. The SMILES string of the molecule is CCCCCCNC(N)=NCc1ccc(COCC)cc1.I. The second kappa shape index (κ2) is 13.8. The molecule has 22 heavy (non-hydrogen) atoms. The molecule has 1 aromatic carbocycles. The molecule has 1 aromatic rings. The van der Waals surface area contributed by atoms with Crippen molar-refractivity contribution >= 4 is 29.9 Å². The van der Waals surface area contributed by atoms with Crippen molar-refractivity contribution in [3.05, 3.63) is 35.4 Å². The molecule has 0 saturated heterocycles. The molecule has 126 valence electrons. The van der Waals surface area contributed by atoms with Gasteiger partial charge in [-0.25, -0.2) is 4.99 Å². The van der Waals surface area contributed by atoms with Gasteiger partial charge in [0.1, 0.15) is 0 Å². The molecule has 0 aliphatic heterocycles. The maximum atomic E-state index is 5.85. The predicted molar refractivity (Wildman–Crippen MR) is 105 cm³/mol. The van der Waals surface area contributed by atoms with E-state index in [9.17, 15) is 0 Å². The lowest BCUT2D eigenvalue weighted by molar-refractivity contribution is 0.134. The zero-order valence-electron chi connectivity index (χ0n) is 13.8. The first kappa shape index (κ1) is 21.2. The Morgan fingerprint density at radius 1 is 1.09 bits per heavy atom. The van der Waals surface area contributed by atoms with Gasteiger partial charge in [-0.05, 0) is 24.5 Å². The number of guanidine groups is 1. The van der Waals surface area contributed by atoms with Crippen LogP contribution in [-0.2, 0) is 17.9 Å². The Kier molecular flexibility index (Phi) is 13.3. The highest BCUT2D eigenvalue weighted by Gasteiger charge is 1.96. The zero-order chi connectivity index (χ0) is 15.3. The minimum absolute atomic E-state index is 0. The average Bonchev–Trinajstić information content (AvgIpc) is 2.51. The maximum absolute atomic E-state index is 5.85. The summed E-state index contributed by atoms with van der Waals surface area (Å²) in [5, 5.41) is 3.16. The van der Waals surface area contributed by atoms with Crippen molar-refractivity contribution in [3.63, 3.8) is 0 Å². The molecule has 0 radical (unpaired) electrons. The number of halogens is 1. The van der Waals surface area contributed by atoms with Crippen molar-refractivity contribution in [1.82, 2.24) is 5.32 Å². The number of hydrogen-bond acceptors (Lipinski definition) is 2. The van der Waals surface area contributed by atoms with Gasteiger partial charge < -0.3 is 15.8 Å². The summed E-state index contributed by atoms with van der Waals surface area (Å²) in [6.07, 6.45) is 4.93. The molecule has 0 unspecified atom stereocenters. The number of aliphatic imine (C=N–C) groups is 1. The van der Waals surface area contributed by atoms with E-state index in [-0.39, 0.29) is 24.0 Å². The number of ether oxygens (including phenoxy) is 1. The minimum atomic E-state index is 0. The molecule has 5 heteroatoms. The smallest absolute Gasteiger partial charge is 0.188 e. The molecule has 0 saturated carbocycles. The van der Waals surface area contributed by atoms with Gasteiger partial charge in [-0.15, -0.1) is 24.0 Å².